The SMILES string of the molecule is COc1ccc2c(c1)CCN(C(=O)c1ccnc(OC3CCSC3)c1)C2. The van der Waals surface area contributed by atoms with E-state index in [1.54, 1.807) is 25.4 Å². The van der Waals surface area contributed by atoms with Gasteiger partial charge in [-0.05, 0) is 47.9 Å². The summed E-state index contributed by atoms with van der Waals surface area (Å²) in [5, 5.41) is 0. The molecule has 1 amide bonds. The van der Waals surface area contributed by atoms with Crippen LogP contribution in [0.1, 0.15) is 27.9 Å². The van der Waals surface area contributed by atoms with E-state index in [1.807, 2.05) is 28.8 Å². The second-order valence-corrected chi connectivity index (χ2v) is 7.75. The second kappa shape index (κ2) is 7.58. The summed E-state index contributed by atoms with van der Waals surface area (Å²) in [6, 6.07) is 9.60. The Hall–Kier alpha value is -2.21. The molecule has 2 aliphatic rings. The molecule has 0 N–H and O–H groups in total. The van der Waals surface area contributed by atoms with E-state index < -0.39 is 0 Å². The van der Waals surface area contributed by atoms with E-state index in [2.05, 4.69) is 11.1 Å². The van der Waals surface area contributed by atoms with Gasteiger partial charge in [-0.1, -0.05) is 6.07 Å². The maximum atomic E-state index is 12.9. The zero-order chi connectivity index (χ0) is 17.9. The fourth-order valence-electron chi connectivity index (χ4n) is 3.40. The van der Waals surface area contributed by atoms with Gasteiger partial charge in [0, 0.05) is 36.7 Å². The van der Waals surface area contributed by atoms with Gasteiger partial charge in [-0.25, -0.2) is 4.98 Å². The van der Waals surface area contributed by atoms with Crippen LogP contribution >= 0.6 is 11.8 Å². The number of carbonyl (C=O) groups is 1. The molecule has 1 aromatic carbocycles. The number of hydrogen-bond acceptors (Lipinski definition) is 5. The molecule has 0 aliphatic carbocycles. The normalized spacial score (nSPS) is 19.1. The summed E-state index contributed by atoms with van der Waals surface area (Å²) in [5.41, 5.74) is 3.07. The molecular weight excluding hydrogens is 348 g/mol. The van der Waals surface area contributed by atoms with Gasteiger partial charge in [0.1, 0.15) is 11.9 Å². The molecule has 5 nitrogen and oxygen atoms in total. The van der Waals surface area contributed by atoms with Gasteiger partial charge >= 0.3 is 0 Å². The van der Waals surface area contributed by atoms with E-state index >= 15 is 0 Å². The minimum absolute atomic E-state index is 0.0273. The van der Waals surface area contributed by atoms with Crippen LogP contribution in [0.25, 0.3) is 0 Å². The number of fused-ring (bicyclic) bond motifs is 1. The Kier molecular flexibility index (Phi) is 5.02. The van der Waals surface area contributed by atoms with Crippen molar-refractivity contribution in [3.05, 3.63) is 53.2 Å². The average Bonchev–Trinajstić information content (AvgIpc) is 3.19. The fraction of sp³-hybridized carbons (Fsp3) is 0.400. The number of rotatable bonds is 4. The molecule has 0 spiro atoms. The number of benzene rings is 1. The highest BCUT2D eigenvalue weighted by Crippen LogP contribution is 2.26. The van der Waals surface area contributed by atoms with Gasteiger partial charge in [-0.2, -0.15) is 11.8 Å². The molecule has 26 heavy (non-hydrogen) atoms. The lowest BCUT2D eigenvalue weighted by Crippen LogP contribution is -2.36. The first kappa shape index (κ1) is 17.2. The summed E-state index contributed by atoms with van der Waals surface area (Å²) in [5.74, 6) is 3.56. The van der Waals surface area contributed by atoms with Crippen molar-refractivity contribution in [3.63, 3.8) is 0 Å². The Morgan fingerprint density at radius 2 is 2.19 bits per heavy atom. The average molecular weight is 370 g/mol. The number of aromatic nitrogens is 1. The highest BCUT2D eigenvalue weighted by molar-refractivity contribution is 7.99. The standard InChI is InChI=1S/C20H22N2O3S/c1-24-17-3-2-16-12-22(8-5-14(16)10-17)20(23)15-4-7-21-19(11-15)25-18-6-9-26-13-18/h2-4,7,10-11,18H,5-6,8-9,12-13H2,1H3. The van der Waals surface area contributed by atoms with E-state index in [0.29, 0.717) is 24.5 Å². The number of ether oxygens (including phenoxy) is 2. The lowest BCUT2D eigenvalue weighted by molar-refractivity contribution is 0.0733. The van der Waals surface area contributed by atoms with Crippen molar-refractivity contribution in [3.8, 4) is 11.6 Å². The molecule has 6 heteroatoms. The van der Waals surface area contributed by atoms with Gasteiger partial charge < -0.3 is 14.4 Å². The third kappa shape index (κ3) is 3.65. The molecule has 0 bridgehead atoms. The molecule has 0 saturated carbocycles. The first-order valence-electron chi connectivity index (χ1n) is 8.88. The maximum Gasteiger partial charge on any atom is 0.254 e. The second-order valence-electron chi connectivity index (χ2n) is 6.60. The third-order valence-electron chi connectivity index (χ3n) is 4.87. The van der Waals surface area contributed by atoms with Gasteiger partial charge in [0.05, 0.1) is 7.11 Å². The Bertz CT molecular complexity index is 805. The van der Waals surface area contributed by atoms with Crippen molar-refractivity contribution in [1.82, 2.24) is 9.88 Å². The van der Waals surface area contributed by atoms with Crippen LogP contribution < -0.4 is 9.47 Å². The molecular formula is C20H22N2O3S. The Balaban J connectivity index is 1.47. The maximum absolute atomic E-state index is 12.9. The van der Waals surface area contributed by atoms with Crippen LogP contribution in [0.3, 0.4) is 0 Å². The first-order chi connectivity index (χ1) is 12.7. The van der Waals surface area contributed by atoms with E-state index in [4.69, 9.17) is 9.47 Å². The van der Waals surface area contributed by atoms with Crippen LogP contribution in [-0.4, -0.2) is 47.1 Å². The minimum atomic E-state index is 0.0273. The van der Waals surface area contributed by atoms with E-state index in [-0.39, 0.29) is 12.0 Å². The van der Waals surface area contributed by atoms with Gasteiger partial charge in [0.2, 0.25) is 5.88 Å². The zero-order valence-corrected chi connectivity index (χ0v) is 15.6. The third-order valence-corrected chi connectivity index (χ3v) is 6.00. The van der Waals surface area contributed by atoms with Crippen LogP contribution in [0.4, 0.5) is 0 Å². The van der Waals surface area contributed by atoms with Gasteiger partial charge in [-0.3, -0.25) is 4.79 Å². The Labute approximate surface area is 157 Å². The molecule has 4 rings (SSSR count). The van der Waals surface area contributed by atoms with Crippen molar-refractivity contribution >= 4 is 17.7 Å². The molecule has 1 saturated heterocycles. The van der Waals surface area contributed by atoms with E-state index in [0.717, 1.165) is 30.1 Å². The van der Waals surface area contributed by atoms with Crippen LogP contribution in [0.5, 0.6) is 11.6 Å². The van der Waals surface area contributed by atoms with Gasteiger partial charge in [0.25, 0.3) is 5.91 Å². The number of pyridine rings is 1. The van der Waals surface area contributed by atoms with Crippen LogP contribution in [0.15, 0.2) is 36.5 Å². The number of nitrogens with zero attached hydrogens (tertiary/aromatic N) is 2. The lowest BCUT2D eigenvalue weighted by Gasteiger charge is -2.29. The molecule has 2 aromatic rings. The molecule has 1 fully saturated rings. The van der Waals surface area contributed by atoms with Crippen molar-refractivity contribution < 1.29 is 14.3 Å². The number of carbonyl (C=O) groups excluding carboxylic acids is 1. The molecule has 2 aliphatic heterocycles. The van der Waals surface area contributed by atoms with Gasteiger partial charge in [-0.15, -0.1) is 0 Å². The predicted molar refractivity (Wildman–Crippen MR) is 102 cm³/mol. The van der Waals surface area contributed by atoms with Crippen molar-refractivity contribution in [2.75, 3.05) is 25.2 Å². The number of thioether (sulfide) groups is 1. The summed E-state index contributed by atoms with van der Waals surface area (Å²) in [6.07, 6.45) is 3.74. The Morgan fingerprint density at radius 3 is 3.00 bits per heavy atom. The van der Waals surface area contributed by atoms with Crippen molar-refractivity contribution in [2.24, 2.45) is 0 Å². The zero-order valence-electron chi connectivity index (χ0n) is 14.8. The predicted octanol–water partition coefficient (Wildman–Crippen LogP) is 3.17. The molecule has 0 radical (unpaired) electrons. The summed E-state index contributed by atoms with van der Waals surface area (Å²) in [6.45, 7) is 1.33. The quantitative estimate of drug-likeness (QED) is 0.827. The fourth-order valence-corrected chi connectivity index (χ4v) is 4.49. The Morgan fingerprint density at radius 1 is 1.27 bits per heavy atom. The highest BCUT2D eigenvalue weighted by atomic mass is 32.2. The molecule has 1 atom stereocenters. The van der Waals surface area contributed by atoms with Crippen molar-refractivity contribution in [2.45, 2.75) is 25.5 Å². The summed E-state index contributed by atoms with van der Waals surface area (Å²) < 4.78 is 11.2. The van der Waals surface area contributed by atoms with E-state index in [9.17, 15) is 4.79 Å². The lowest BCUT2D eigenvalue weighted by atomic mass is 9.99. The number of amides is 1. The largest absolute Gasteiger partial charge is 0.497 e. The van der Waals surface area contributed by atoms with Crippen LogP contribution in [0, 0.1) is 0 Å². The smallest absolute Gasteiger partial charge is 0.254 e. The van der Waals surface area contributed by atoms with E-state index in [1.165, 1.54) is 11.1 Å². The number of hydrogen-bond donors (Lipinski definition) is 0. The monoisotopic (exact) mass is 370 g/mol. The summed E-state index contributed by atoms with van der Waals surface area (Å²) in [4.78, 5) is 19.1. The minimum Gasteiger partial charge on any atom is -0.497 e. The van der Waals surface area contributed by atoms with Crippen molar-refractivity contribution in [1.29, 1.82) is 0 Å². The highest BCUT2D eigenvalue weighted by Gasteiger charge is 2.23. The van der Waals surface area contributed by atoms with Crippen LogP contribution in [0.2, 0.25) is 0 Å². The molecule has 1 unspecified atom stereocenters. The first-order valence-corrected chi connectivity index (χ1v) is 10.0. The summed E-state index contributed by atoms with van der Waals surface area (Å²) >= 11 is 1.89. The topological polar surface area (TPSA) is 51.7 Å². The number of methoxy groups -OCH3 is 1. The molecule has 3 heterocycles. The van der Waals surface area contributed by atoms with Crippen LogP contribution in [-0.2, 0) is 13.0 Å². The summed E-state index contributed by atoms with van der Waals surface area (Å²) in [7, 11) is 1.67. The molecule has 136 valence electrons. The molecule has 1 aromatic heterocycles. The van der Waals surface area contributed by atoms with Gasteiger partial charge in [0.15, 0.2) is 0 Å².